The fraction of sp³-hybridized carbons (Fsp3) is 1.00. The van der Waals surface area contributed by atoms with Gasteiger partial charge >= 0.3 is 0 Å². The molecule has 0 aromatic carbocycles. The van der Waals surface area contributed by atoms with Crippen molar-refractivity contribution < 1.29 is 0 Å². The van der Waals surface area contributed by atoms with Crippen LogP contribution in [0.1, 0.15) is 6.42 Å². The number of hydrogen-bond acceptors (Lipinski definition) is 2. The summed E-state index contributed by atoms with van der Waals surface area (Å²) in [6.45, 7) is 2.45. The van der Waals surface area contributed by atoms with Gasteiger partial charge in [0.15, 0.2) is 0 Å². The Morgan fingerprint density at radius 3 is 2.62 bits per heavy atom. The molecule has 0 saturated carbocycles. The Kier molecular flexibility index (Phi) is 4.81. The average molecular weight is 154 g/mol. The van der Waals surface area contributed by atoms with Crippen LogP contribution < -0.4 is 5.32 Å². The third kappa shape index (κ3) is 2.25. The number of halogens is 1. The van der Waals surface area contributed by atoms with Gasteiger partial charge < -0.3 is 5.32 Å². The van der Waals surface area contributed by atoms with Crippen LogP contribution in [0.15, 0.2) is 0 Å². The first-order valence-electron chi connectivity index (χ1n) is 2.67. The highest BCUT2D eigenvalue weighted by molar-refractivity contribution is 7.99. The van der Waals surface area contributed by atoms with Crippen molar-refractivity contribution in [2.45, 2.75) is 11.7 Å². The molecular weight excluding hydrogens is 142 g/mol. The van der Waals surface area contributed by atoms with E-state index in [1.165, 1.54) is 19.5 Å². The lowest BCUT2D eigenvalue weighted by Gasteiger charge is -1.98. The lowest BCUT2D eigenvalue weighted by molar-refractivity contribution is 0.858. The summed E-state index contributed by atoms with van der Waals surface area (Å²) in [6, 6.07) is 0. The number of thioether (sulfide) groups is 1. The molecule has 0 unspecified atom stereocenters. The number of hydrogen-bond donors (Lipinski definition) is 1. The Bertz CT molecular complexity index is 54.4. The normalized spacial score (nSPS) is 27.4. The maximum atomic E-state index is 3.30. The van der Waals surface area contributed by atoms with Gasteiger partial charge in [-0.25, -0.2) is 0 Å². The van der Waals surface area contributed by atoms with E-state index in [9.17, 15) is 0 Å². The first-order chi connectivity index (χ1) is 3.43. The third-order valence-electron chi connectivity index (χ3n) is 1.35. The summed E-state index contributed by atoms with van der Waals surface area (Å²) < 4.78 is 0. The number of nitrogens with one attached hydrogen (secondary N) is 1. The average Bonchev–Trinajstić information content (AvgIpc) is 2.14. The van der Waals surface area contributed by atoms with Gasteiger partial charge in [-0.3, -0.25) is 0 Å². The maximum absolute atomic E-state index is 3.30. The van der Waals surface area contributed by atoms with Crippen LogP contribution in [0, 0.1) is 0 Å². The van der Waals surface area contributed by atoms with Gasteiger partial charge in [0.2, 0.25) is 0 Å². The Balaban J connectivity index is 0.000000490. The molecule has 0 amide bonds. The molecule has 0 aromatic heterocycles. The Hall–Kier alpha value is 0.600. The summed E-state index contributed by atoms with van der Waals surface area (Å²) in [5.41, 5.74) is 0. The summed E-state index contributed by atoms with van der Waals surface area (Å²) in [7, 11) is 0. The van der Waals surface area contributed by atoms with Crippen molar-refractivity contribution in [3.63, 3.8) is 0 Å². The highest BCUT2D eigenvalue weighted by Crippen LogP contribution is 2.12. The molecular formula is C5H12ClNS. The minimum Gasteiger partial charge on any atom is -0.316 e. The molecule has 1 nitrogen and oxygen atoms in total. The zero-order valence-corrected chi connectivity index (χ0v) is 6.65. The molecule has 1 fully saturated rings. The van der Waals surface area contributed by atoms with E-state index in [1.54, 1.807) is 0 Å². The molecule has 1 rings (SSSR count). The minimum atomic E-state index is 0. The second-order valence-corrected chi connectivity index (χ2v) is 2.99. The van der Waals surface area contributed by atoms with Crippen LogP contribution in [-0.2, 0) is 0 Å². The SMILES string of the molecule is CS[C@@H]1CCNC1.Cl. The van der Waals surface area contributed by atoms with Crippen LogP contribution in [-0.4, -0.2) is 24.6 Å². The third-order valence-corrected chi connectivity index (χ3v) is 2.42. The van der Waals surface area contributed by atoms with Gasteiger partial charge in [-0.15, -0.1) is 12.4 Å². The van der Waals surface area contributed by atoms with Gasteiger partial charge in [0.05, 0.1) is 0 Å². The molecule has 1 heterocycles. The van der Waals surface area contributed by atoms with Crippen LogP contribution in [0.5, 0.6) is 0 Å². The van der Waals surface area contributed by atoms with E-state index >= 15 is 0 Å². The largest absolute Gasteiger partial charge is 0.316 e. The Morgan fingerprint density at radius 2 is 2.38 bits per heavy atom. The van der Waals surface area contributed by atoms with Crippen molar-refractivity contribution in [1.29, 1.82) is 0 Å². The summed E-state index contributed by atoms with van der Waals surface area (Å²) in [4.78, 5) is 0. The maximum Gasteiger partial charge on any atom is 0.0181 e. The van der Waals surface area contributed by atoms with Crippen LogP contribution in [0.25, 0.3) is 0 Å². The predicted octanol–water partition coefficient (Wildman–Crippen LogP) is 1.13. The lowest BCUT2D eigenvalue weighted by atomic mass is 10.4. The van der Waals surface area contributed by atoms with Gasteiger partial charge in [-0.1, -0.05) is 0 Å². The van der Waals surface area contributed by atoms with Crippen molar-refractivity contribution in [3.05, 3.63) is 0 Å². The van der Waals surface area contributed by atoms with Crippen molar-refractivity contribution in [3.8, 4) is 0 Å². The summed E-state index contributed by atoms with van der Waals surface area (Å²) in [5.74, 6) is 0. The molecule has 0 bridgehead atoms. The zero-order valence-electron chi connectivity index (χ0n) is 5.02. The Morgan fingerprint density at radius 1 is 1.62 bits per heavy atom. The molecule has 3 heteroatoms. The minimum absolute atomic E-state index is 0. The molecule has 0 aliphatic carbocycles. The van der Waals surface area contributed by atoms with Crippen LogP contribution in [0.3, 0.4) is 0 Å². The van der Waals surface area contributed by atoms with Gasteiger partial charge in [-0.05, 0) is 19.2 Å². The van der Waals surface area contributed by atoms with Gasteiger partial charge in [-0.2, -0.15) is 11.8 Å². The van der Waals surface area contributed by atoms with Gasteiger partial charge in [0.25, 0.3) is 0 Å². The molecule has 1 aliphatic heterocycles. The second kappa shape index (κ2) is 4.48. The fourth-order valence-electron chi connectivity index (χ4n) is 0.829. The van der Waals surface area contributed by atoms with Gasteiger partial charge in [0.1, 0.15) is 0 Å². The molecule has 1 saturated heterocycles. The van der Waals surface area contributed by atoms with E-state index in [-0.39, 0.29) is 12.4 Å². The molecule has 1 N–H and O–H groups in total. The van der Waals surface area contributed by atoms with E-state index in [4.69, 9.17) is 0 Å². The molecule has 0 aromatic rings. The molecule has 8 heavy (non-hydrogen) atoms. The van der Waals surface area contributed by atoms with Gasteiger partial charge in [0, 0.05) is 11.8 Å². The monoisotopic (exact) mass is 153 g/mol. The highest BCUT2D eigenvalue weighted by atomic mass is 35.5. The molecule has 0 spiro atoms. The van der Waals surface area contributed by atoms with E-state index in [1.807, 2.05) is 11.8 Å². The first-order valence-corrected chi connectivity index (χ1v) is 3.96. The molecule has 1 atom stereocenters. The summed E-state index contributed by atoms with van der Waals surface area (Å²) >= 11 is 1.97. The summed E-state index contributed by atoms with van der Waals surface area (Å²) in [5, 5.41) is 4.21. The van der Waals surface area contributed by atoms with Crippen molar-refractivity contribution in [2.75, 3.05) is 19.3 Å². The van der Waals surface area contributed by atoms with Crippen LogP contribution in [0.2, 0.25) is 0 Å². The van der Waals surface area contributed by atoms with Crippen molar-refractivity contribution in [2.24, 2.45) is 0 Å². The molecule has 50 valence electrons. The van der Waals surface area contributed by atoms with E-state index in [0.717, 1.165) is 5.25 Å². The number of rotatable bonds is 1. The van der Waals surface area contributed by atoms with E-state index < -0.39 is 0 Å². The van der Waals surface area contributed by atoms with Crippen molar-refractivity contribution >= 4 is 24.2 Å². The predicted molar refractivity (Wildman–Crippen MR) is 42.0 cm³/mol. The summed E-state index contributed by atoms with van der Waals surface area (Å²) in [6.07, 6.45) is 3.54. The zero-order chi connectivity index (χ0) is 5.11. The fourth-order valence-corrected chi connectivity index (χ4v) is 1.47. The van der Waals surface area contributed by atoms with Crippen LogP contribution in [0.4, 0.5) is 0 Å². The van der Waals surface area contributed by atoms with E-state index in [2.05, 4.69) is 11.6 Å². The smallest absolute Gasteiger partial charge is 0.0181 e. The quantitative estimate of drug-likeness (QED) is 0.607. The highest BCUT2D eigenvalue weighted by Gasteiger charge is 2.10. The van der Waals surface area contributed by atoms with E-state index in [0.29, 0.717) is 0 Å². The standard InChI is InChI=1S/C5H11NS.ClH/c1-7-5-2-3-6-4-5;/h5-6H,2-4H2,1H3;1H/t5-;/m1./s1. The lowest BCUT2D eigenvalue weighted by Crippen LogP contribution is -2.09. The molecule has 0 radical (unpaired) electrons. The second-order valence-electron chi connectivity index (χ2n) is 1.85. The topological polar surface area (TPSA) is 12.0 Å². The Labute approximate surface area is 61.0 Å². The van der Waals surface area contributed by atoms with Crippen LogP contribution >= 0.6 is 24.2 Å². The first kappa shape index (κ1) is 8.60. The van der Waals surface area contributed by atoms with Crippen molar-refractivity contribution in [1.82, 2.24) is 5.32 Å². The molecule has 1 aliphatic rings.